The van der Waals surface area contributed by atoms with Crippen LogP contribution in [-0.4, -0.2) is 26.1 Å². The van der Waals surface area contributed by atoms with E-state index < -0.39 is 11.2 Å². The van der Waals surface area contributed by atoms with Gasteiger partial charge in [0.25, 0.3) is 5.56 Å². The molecular formula is C22H31N5O2. The van der Waals surface area contributed by atoms with Crippen LogP contribution in [0.5, 0.6) is 0 Å². The van der Waals surface area contributed by atoms with Gasteiger partial charge in [0.05, 0.1) is 11.0 Å². The normalized spacial score (nSPS) is 11.5. The number of rotatable bonds is 12. The summed E-state index contributed by atoms with van der Waals surface area (Å²) in [5.41, 5.74) is 6.26. The molecule has 0 aromatic heterocycles. The van der Waals surface area contributed by atoms with Gasteiger partial charge in [-0.1, -0.05) is 63.5 Å². The van der Waals surface area contributed by atoms with Crippen LogP contribution in [0.4, 0.5) is 0 Å². The number of para-hydroxylation sites is 2. The molecule has 29 heavy (non-hydrogen) atoms. The lowest BCUT2D eigenvalue weighted by Crippen LogP contribution is -2.28. The molecule has 0 aliphatic carbocycles. The molecule has 1 aromatic rings. The van der Waals surface area contributed by atoms with Gasteiger partial charge in [-0.2, -0.15) is 4.98 Å². The number of aromatic amines is 1. The third-order valence-electron chi connectivity index (χ3n) is 5.35. The number of aromatic nitrogens is 4. The Morgan fingerprint density at radius 3 is 2.14 bits per heavy atom. The third kappa shape index (κ3) is 5.73. The van der Waals surface area contributed by atoms with Crippen LogP contribution in [0.25, 0.3) is 22.6 Å². The summed E-state index contributed by atoms with van der Waals surface area (Å²) in [5.74, 6) is 0.370. The van der Waals surface area contributed by atoms with Crippen molar-refractivity contribution in [2.75, 3.05) is 6.54 Å². The standard InChI is InChI=1S/C22H31N5O2/c23-15-11-7-5-3-1-2-4-6-8-12-16-27-18-14-10-9-13-17(18)24-19-20(27)25-22(29)26-21(19)28/h9-10,13-14H,1-8,11-12,15-16,23H2,(H,26,28,29). The van der Waals surface area contributed by atoms with Gasteiger partial charge in [0.1, 0.15) is 0 Å². The van der Waals surface area contributed by atoms with Crippen LogP contribution in [0.2, 0.25) is 0 Å². The summed E-state index contributed by atoms with van der Waals surface area (Å²) in [6, 6.07) is 7.67. The van der Waals surface area contributed by atoms with E-state index in [1.165, 1.54) is 44.9 Å². The molecule has 0 saturated heterocycles. The monoisotopic (exact) mass is 397 g/mol. The van der Waals surface area contributed by atoms with Crippen molar-refractivity contribution in [3.8, 4) is 11.5 Å². The van der Waals surface area contributed by atoms with E-state index in [0.29, 0.717) is 12.4 Å². The van der Waals surface area contributed by atoms with Gasteiger partial charge in [0.15, 0.2) is 11.5 Å². The number of hydrogen-bond donors (Lipinski definition) is 2. The Balaban J connectivity index is 1.56. The van der Waals surface area contributed by atoms with Crippen LogP contribution >= 0.6 is 0 Å². The molecule has 0 bridgehead atoms. The van der Waals surface area contributed by atoms with Crippen LogP contribution in [0.15, 0.2) is 33.9 Å². The van der Waals surface area contributed by atoms with Crippen molar-refractivity contribution in [1.82, 2.24) is 19.5 Å². The van der Waals surface area contributed by atoms with E-state index in [0.717, 1.165) is 36.8 Å². The fourth-order valence-electron chi connectivity index (χ4n) is 3.80. The minimum Gasteiger partial charge on any atom is -0.330 e. The average Bonchev–Trinajstić information content (AvgIpc) is 2.72. The number of fused-ring (bicyclic) bond motifs is 2. The maximum atomic E-state index is 12.2. The molecule has 0 atom stereocenters. The zero-order chi connectivity index (χ0) is 20.5. The quantitative estimate of drug-likeness (QED) is 0.360. The molecule has 2 aliphatic heterocycles. The summed E-state index contributed by atoms with van der Waals surface area (Å²) >= 11 is 0. The maximum Gasteiger partial charge on any atom is 0.349 e. The summed E-state index contributed by atoms with van der Waals surface area (Å²) in [6.45, 7) is 1.52. The lowest BCUT2D eigenvalue weighted by atomic mass is 10.1. The van der Waals surface area contributed by atoms with Crippen LogP contribution in [0, 0.1) is 0 Å². The highest BCUT2D eigenvalue weighted by Crippen LogP contribution is 2.21. The van der Waals surface area contributed by atoms with E-state index in [1.807, 2.05) is 28.8 Å². The summed E-state index contributed by atoms with van der Waals surface area (Å²) in [7, 11) is 0. The fraction of sp³-hybridized carbons (Fsp3) is 0.545. The van der Waals surface area contributed by atoms with Gasteiger partial charge < -0.3 is 10.3 Å². The molecule has 7 heteroatoms. The van der Waals surface area contributed by atoms with Crippen LogP contribution in [0.1, 0.15) is 64.2 Å². The Labute approximate surface area is 170 Å². The van der Waals surface area contributed by atoms with Gasteiger partial charge in [-0.3, -0.25) is 9.78 Å². The smallest absolute Gasteiger partial charge is 0.330 e. The van der Waals surface area contributed by atoms with Gasteiger partial charge in [0, 0.05) is 6.54 Å². The highest BCUT2D eigenvalue weighted by atomic mass is 16.2. The van der Waals surface area contributed by atoms with Gasteiger partial charge >= 0.3 is 5.69 Å². The second kappa shape index (κ2) is 10.9. The number of aryl methyl sites for hydroxylation is 1. The lowest BCUT2D eigenvalue weighted by molar-refractivity contribution is 0.535. The summed E-state index contributed by atoms with van der Waals surface area (Å²) < 4.78 is 1.96. The molecule has 7 nitrogen and oxygen atoms in total. The van der Waals surface area contributed by atoms with E-state index in [1.54, 1.807) is 0 Å². The number of nitrogens with one attached hydrogen (secondary N) is 1. The van der Waals surface area contributed by atoms with Crippen molar-refractivity contribution in [2.24, 2.45) is 5.73 Å². The molecule has 0 fully saturated rings. The molecule has 3 rings (SSSR count). The largest absolute Gasteiger partial charge is 0.349 e. The first-order valence-corrected chi connectivity index (χ1v) is 10.8. The van der Waals surface area contributed by atoms with Crippen molar-refractivity contribution in [1.29, 1.82) is 0 Å². The Morgan fingerprint density at radius 2 is 1.45 bits per heavy atom. The average molecular weight is 398 g/mol. The van der Waals surface area contributed by atoms with E-state index in [9.17, 15) is 9.59 Å². The first-order chi connectivity index (χ1) is 14.2. The van der Waals surface area contributed by atoms with Gasteiger partial charge in [-0.15, -0.1) is 0 Å². The third-order valence-corrected chi connectivity index (χ3v) is 5.35. The predicted octanol–water partition coefficient (Wildman–Crippen LogP) is 3.44. The highest BCUT2D eigenvalue weighted by molar-refractivity contribution is 5.79. The first kappa shape index (κ1) is 21.2. The second-order valence-corrected chi connectivity index (χ2v) is 7.62. The summed E-state index contributed by atoms with van der Waals surface area (Å²) in [6.07, 6.45) is 12.1. The Bertz CT molecular complexity index is 994. The molecule has 156 valence electrons. The van der Waals surface area contributed by atoms with Gasteiger partial charge in [-0.25, -0.2) is 9.78 Å². The van der Waals surface area contributed by atoms with Crippen LogP contribution < -0.4 is 17.0 Å². The molecule has 0 saturated carbocycles. The van der Waals surface area contributed by atoms with E-state index >= 15 is 0 Å². The molecule has 1 aromatic carbocycles. The molecule has 0 amide bonds. The van der Waals surface area contributed by atoms with E-state index in [4.69, 9.17) is 5.73 Å². The number of hydrogen-bond acceptors (Lipinski definition) is 5. The minimum absolute atomic E-state index is 0.220. The summed E-state index contributed by atoms with van der Waals surface area (Å²) in [4.78, 5) is 34.6. The lowest BCUT2D eigenvalue weighted by Gasteiger charge is -2.16. The molecule has 2 heterocycles. The zero-order valence-corrected chi connectivity index (χ0v) is 17.0. The second-order valence-electron chi connectivity index (χ2n) is 7.62. The van der Waals surface area contributed by atoms with Crippen molar-refractivity contribution < 1.29 is 0 Å². The Kier molecular flexibility index (Phi) is 7.93. The first-order valence-electron chi connectivity index (χ1n) is 10.8. The topological polar surface area (TPSA) is 107 Å². The van der Waals surface area contributed by atoms with Crippen LogP contribution in [-0.2, 0) is 6.54 Å². The minimum atomic E-state index is -0.625. The molecule has 2 aliphatic rings. The van der Waals surface area contributed by atoms with Crippen molar-refractivity contribution >= 4 is 11.0 Å². The summed E-state index contributed by atoms with van der Waals surface area (Å²) in [5, 5.41) is 0. The van der Waals surface area contributed by atoms with E-state index in [2.05, 4.69) is 15.0 Å². The molecule has 0 unspecified atom stereocenters. The number of H-pyrrole nitrogens is 1. The number of nitrogens with two attached hydrogens (primary N) is 1. The Morgan fingerprint density at radius 1 is 0.828 bits per heavy atom. The number of unbranched alkanes of at least 4 members (excludes halogenated alkanes) is 9. The van der Waals surface area contributed by atoms with E-state index in [-0.39, 0.29) is 5.69 Å². The number of nitrogens with zero attached hydrogens (tertiary/aromatic N) is 3. The van der Waals surface area contributed by atoms with Crippen molar-refractivity contribution in [2.45, 2.75) is 70.8 Å². The maximum absolute atomic E-state index is 12.2. The SMILES string of the molecule is NCCCCCCCCCCCCn1c2nc(=O)[nH]c(=O)c-2nc2ccccc21. The molecule has 0 radical (unpaired) electrons. The zero-order valence-electron chi connectivity index (χ0n) is 17.0. The number of benzene rings is 1. The van der Waals surface area contributed by atoms with Gasteiger partial charge in [0.2, 0.25) is 0 Å². The van der Waals surface area contributed by atoms with Crippen molar-refractivity contribution in [3.05, 3.63) is 45.1 Å². The molecule has 3 N–H and O–H groups in total. The van der Waals surface area contributed by atoms with Crippen molar-refractivity contribution in [3.63, 3.8) is 0 Å². The fourth-order valence-corrected chi connectivity index (χ4v) is 3.80. The predicted molar refractivity (Wildman–Crippen MR) is 116 cm³/mol. The highest BCUT2D eigenvalue weighted by Gasteiger charge is 2.17. The molecular weight excluding hydrogens is 366 g/mol. The van der Waals surface area contributed by atoms with Gasteiger partial charge in [-0.05, 0) is 31.5 Å². The Hall–Kier alpha value is -2.54. The van der Waals surface area contributed by atoms with Crippen LogP contribution in [0.3, 0.4) is 0 Å². The molecule has 0 spiro atoms.